The molecule has 1 atom stereocenters. The van der Waals surface area contributed by atoms with Crippen LogP contribution in [0.15, 0.2) is 29.3 Å². The summed E-state index contributed by atoms with van der Waals surface area (Å²) < 4.78 is 19.3. The third-order valence-corrected chi connectivity index (χ3v) is 3.47. The first-order valence-corrected chi connectivity index (χ1v) is 7.88. The van der Waals surface area contributed by atoms with E-state index < -0.39 is 0 Å². The van der Waals surface area contributed by atoms with Gasteiger partial charge in [0.1, 0.15) is 5.82 Å². The summed E-state index contributed by atoms with van der Waals surface area (Å²) in [6.07, 6.45) is 1.15. The lowest BCUT2D eigenvalue weighted by Crippen LogP contribution is -2.39. The van der Waals surface area contributed by atoms with E-state index in [1.165, 1.54) is 6.07 Å². The third kappa shape index (κ3) is 8.50. The van der Waals surface area contributed by atoms with Crippen molar-refractivity contribution in [1.29, 1.82) is 0 Å². The summed E-state index contributed by atoms with van der Waals surface area (Å²) in [5, 5.41) is 6.36. The number of rotatable bonds is 8. The highest BCUT2D eigenvalue weighted by Gasteiger charge is 2.13. The van der Waals surface area contributed by atoms with E-state index >= 15 is 0 Å². The van der Waals surface area contributed by atoms with Crippen molar-refractivity contribution in [3.05, 3.63) is 35.6 Å². The van der Waals surface area contributed by atoms with Crippen LogP contribution in [-0.2, 0) is 11.3 Å². The first-order valence-electron chi connectivity index (χ1n) is 7.88. The van der Waals surface area contributed by atoms with E-state index in [1.807, 2.05) is 13.0 Å². The molecule has 0 bridgehead atoms. The maximum absolute atomic E-state index is 13.6. The van der Waals surface area contributed by atoms with Crippen molar-refractivity contribution in [3.63, 3.8) is 0 Å². The smallest absolute Gasteiger partial charge is 0.191 e. The van der Waals surface area contributed by atoms with E-state index in [4.69, 9.17) is 4.74 Å². The van der Waals surface area contributed by atoms with Crippen LogP contribution in [0, 0.1) is 11.7 Å². The van der Waals surface area contributed by atoms with Gasteiger partial charge in [0, 0.05) is 32.3 Å². The van der Waals surface area contributed by atoms with Gasteiger partial charge in [0.25, 0.3) is 0 Å². The zero-order valence-corrected chi connectivity index (χ0v) is 16.8. The van der Waals surface area contributed by atoms with E-state index in [-0.39, 0.29) is 35.9 Å². The molecule has 0 aromatic heterocycles. The van der Waals surface area contributed by atoms with Gasteiger partial charge >= 0.3 is 0 Å². The molecule has 6 heteroatoms. The third-order valence-electron chi connectivity index (χ3n) is 3.47. The quantitative estimate of drug-likeness (QED) is 0.372. The van der Waals surface area contributed by atoms with Crippen molar-refractivity contribution in [2.75, 3.05) is 20.2 Å². The lowest BCUT2D eigenvalue weighted by atomic mass is 10.0. The molecule has 2 N–H and O–H groups in total. The SMILES string of the molecule is CCOC(CCNC(=NC)NCc1ccccc1F)C(C)C.I. The number of nitrogens with one attached hydrogen (secondary N) is 2. The predicted octanol–water partition coefficient (Wildman–Crippen LogP) is 3.56. The van der Waals surface area contributed by atoms with E-state index in [0.29, 0.717) is 24.0 Å². The van der Waals surface area contributed by atoms with Crippen molar-refractivity contribution in [2.45, 2.75) is 39.8 Å². The van der Waals surface area contributed by atoms with Gasteiger partial charge < -0.3 is 15.4 Å². The second-order valence-electron chi connectivity index (χ2n) is 5.47. The van der Waals surface area contributed by atoms with Crippen LogP contribution < -0.4 is 10.6 Å². The van der Waals surface area contributed by atoms with Crippen molar-refractivity contribution in [3.8, 4) is 0 Å². The molecule has 0 aliphatic heterocycles. The van der Waals surface area contributed by atoms with Gasteiger partial charge in [-0.3, -0.25) is 4.99 Å². The highest BCUT2D eigenvalue weighted by molar-refractivity contribution is 14.0. The molecule has 1 unspecified atom stereocenters. The fourth-order valence-electron chi connectivity index (χ4n) is 2.20. The van der Waals surface area contributed by atoms with Gasteiger partial charge in [-0.1, -0.05) is 32.0 Å². The monoisotopic (exact) mass is 437 g/mol. The molecule has 0 heterocycles. The molecule has 1 aromatic carbocycles. The molecular formula is C17H29FIN3O. The lowest BCUT2D eigenvalue weighted by Gasteiger charge is -2.21. The average molecular weight is 437 g/mol. The minimum Gasteiger partial charge on any atom is -0.378 e. The molecule has 1 rings (SSSR count). The van der Waals surface area contributed by atoms with Crippen LogP contribution in [-0.4, -0.2) is 32.3 Å². The van der Waals surface area contributed by atoms with Gasteiger partial charge in [0.2, 0.25) is 0 Å². The van der Waals surface area contributed by atoms with Crippen LogP contribution in [0.5, 0.6) is 0 Å². The Kier molecular flexibility index (Phi) is 12.0. The second-order valence-corrected chi connectivity index (χ2v) is 5.47. The molecule has 0 amide bonds. The van der Waals surface area contributed by atoms with Crippen LogP contribution >= 0.6 is 24.0 Å². The van der Waals surface area contributed by atoms with Crippen LogP contribution in [0.3, 0.4) is 0 Å². The van der Waals surface area contributed by atoms with Crippen molar-refractivity contribution in [1.82, 2.24) is 10.6 Å². The number of hydrogen-bond donors (Lipinski definition) is 2. The summed E-state index contributed by atoms with van der Waals surface area (Å²) in [5.41, 5.74) is 0.625. The highest BCUT2D eigenvalue weighted by atomic mass is 127. The zero-order chi connectivity index (χ0) is 16.4. The number of guanidine groups is 1. The van der Waals surface area contributed by atoms with Gasteiger partial charge in [0.15, 0.2) is 5.96 Å². The maximum Gasteiger partial charge on any atom is 0.191 e. The minimum atomic E-state index is -0.207. The fraction of sp³-hybridized carbons (Fsp3) is 0.588. The summed E-state index contributed by atoms with van der Waals surface area (Å²) in [4.78, 5) is 4.15. The fourth-order valence-corrected chi connectivity index (χ4v) is 2.20. The Bertz CT molecular complexity index is 469. The Morgan fingerprint density at radius 1 is 1.26 bits per heavy atom. The molecule has 0 fully saturated rings. The Balaban J connectivity index is 0.00000484. The Morgan fingerprint density at radius 2 is 1.96 bits per heavy atom. The molecule has 0 saturated carbocycles. The molecule has 0 spiro atoms. The summed E-state index contributed by atoms with van der Waals surface area (Å²) in [5.74, 6) is 0.944. The van der Waals surface area contributed by atoms with Crippen LogP contribution in [0.4, 0.5) is 4.39 Å². The van der Waals surface area contributed by atoms with Gasteiger partial charge in [-0.25, -0.2) is 4.39 Å². The van der Waals surface area contributed by atoms with Crippen molar-refractivity contribution in [2.24, 2.45) is 10.9 Å². The maximum atomic E-state index is 13.6. The first kappa shape index (κ1) is 22.1. The average Bonchev–Trinajstić information content (AvgIpc) is 2.50. The molecule has 0 aliphatic carbocycles. The molecule has 4 nitrogen and oxygen atoms in total. The number of halogens is 2. The normalized spacial score (nSPS) is 12.7. The summed E-state index contributed by atoms with van der Waals surface area (Å²) >= 11 is 0. The second kappa shape index (κ2) is 12.5. The number of nitrogens with zero attached hydrogens (tertiary/aromatic N) is 1. The standard InChI is InChI=1S/C17H28FN3O.HI/c1-5-22-16(13(2)3)10-11-20-17(19-4)21-12-14-8-6-7-9-15(14)18;/h6-9,13,16H,5,10-12H2,1-4H3,(H2,19,20,21);1H. The highest BCUT2D eigenvalue weighted by Crippen LogP contribution is 2.10. The van der Waals surface area contributed by atoms with Gasteiger partial charge in [-0.05, 0) is 25.3 Å². The molecule has 132 valence electrons. The summed E-state index contributed by atoms with van der Waals surface area (Å²) in [7, 11) is 1.71. The Labute approximate surface area is 156 Å². The molecule has 1 aromatic rings. The molecule has 0 aliphatic rings. The number of benzene rings is 1. The van der Waals surface area contributed by atoms with Crippen molar-refractivity contribution < 1.29 is 9.13 Å². The minimum absolute atomic E-state index is 0. The number of aliphatic imine (C=N–C) groups is 1. The predicted molar refractivity (Wildman–Crippen MR) is 105 cm³/mol. The van der Waals surface area contributed by atoms with Crippen LogP contribution in [0.25, 0.3) is 0 Å². The van der Waals surface area contributed by atoms with E-state index in [2.05, 4.69) is 29.5 Å². The largest absolute Gasteiger partial charge is 0.378 e. The van der Waals surface area contributed by atoms with Crippen molar-refractivity contribution >= 4 is 29.9 Å². The zero-order valence-electron chi connectivity index (χ0n) is 14.4. The van der Waals surface area contributed by atoms with Crippen LogP contribution in [0.1, 0.15) is 32.8 Å². The molecule has 0 radical (unpaired) electrons. The molecule has 0 saturated heterocycles. The topological polar surface area (TPSA) is 45.6 Å². The Morgan fingerprint density at radius 3 is 2.52 bits per heavy atom. The van der Waals surface area contributed by atoms with E-state index in [0.717, 1.165) is 19.6 Å². The van der Waals surface area contributed by atoms with E-state index in [9.17, 15) is 4.39 Å². The van der Waals surface area contributed by atoms with Crippen LogP contribution in [0.2, 0.25) is 0 Å². The van der Waals surface area contributed by atoms with Gasteiger partial charge in [-0.2, -0.15) is 0 Å². The Hall–Kier alpha value is -0.890. The van der Waals surface area contributed by atoms with E-state index in [1.54, 1.807) is 19.2 Å². The number of ether oxygens (including phenoxy) is 1. The molecule has 23 heavy (non-hydrogen) atoms. The van der Waals surface area contributed by atoms with Gasteiger partial charge in [-0.15, -0.1) is 24.0 Å². The summed E-state index contributed by atoms with van der Waals surface area (Å²) in [6, 6.07) is 6.74. The number of hydrogen-bond acceptors (Lipinski definition) is 2. The lowest BCUT2D eigenvalue weighted by molar-refractivity contribution is 0.0258. The molecular weight excluding hydrogens is 408 g/mol. The summed E-state index contributed by atoms with van der Waals surface area (Å²) in [6.45, 7) is 8.23. The van der Waals surface area contributed by atoms with Gasteiger partial charge in [0.05, 0.1) is 6.10 Å². The first-order chi connectivity index (χ1) is 10.6.